The van der Waals surface area contributed by atoms with Crippen molar-refractivity contribution in [1.82, 2.24) is 5.32 Å². The first-order valence-electron chi connectivity index (χ1n) is 7.49. The van der Waals surface area contributed by atoms with Gasteiger partial charge in [-0.3, -0.25) is 4.79 Å². The number of ether oxygens (including phenoxy) is 2. The molecule has 1 aliphatic heterocycles. The molecule has 2 aromatic rings. The average Bonchev–Trinajstić information content (AvgIpc) is 2.56. The van der Waals surface area contributed by atoms with Gasteiger partial charge >= 0.3 is 0 Å². The minimum absolute atomic E-state index is 0.0103. The summed E-state index contributed by atoms with van der Waals surface area (Å²) in [4.78, 5) is 12.0. The Labute approximate surface area is 130 Å². The quantitative estimate of drug-likeness (QED) is 0.922. The van der Waals surface area contributed by atoms with Crippen molar-refractivity contribution in [3.8, 4) is 11.5 Å². The summed E-state index contributed by atoms with van der Waals surface area (Å²) >= 11 is 0. The second-order valence-electron chi connectivity index (χ2n) is 5.30. The third kappa shape index (κ3) is 3.79. The number of hydrogen-bond acceptors (Lipinski definition) is 3. The van der Waals surface area contributed by atoms with E-state index in [1.54, 1.807) is 0 Å². The van der Waals surface area contributed by atoms with Crippen molar-refractivity contribution >= 4 is 5.91 Å². The second kappa shape index (κ2) is 6.98. The number of benzene rings is 2. The van der Waals surface area contributed by atoms with Gasteiger partial charge in [0.05, 0.1) is 19.1 Å². The Hall–Kier alpha value is -2.49. The maximum Gasteiger partial charge on any atom is 0.223 e. The van der Waals surface area contributed by atoms with Crippen LogP contribution in [-0.4, -0.2) is 25.2 Å². The molecule has 1 unspecified atom stereocenters. The zero-order valence-electron chi connectivity index (χ0n) is 12.3. The Morgan fingerprint density at radius 1 is 1.14 bits per heavy atom. The standard InChI is InChI=1S/C18H19NO3/c20-18(10-11-21-16-7-2-1-3-8-16)19-15-12-14-6-4-5-9-17(14)22-13-15/h1-9,15H,10-13H2,(H,19,20). The van der Waals surface area contributed by atoms with Crippen LogP contribution in [0.2, 0.25) is 0 Å². The summed E-state index contributed by atoms with van der Waals surface area (Å²) in [5.74, 6) is 1.69. The molecule has 1 atom stereocenters. The Balaban J connectivity index is 1.43. The van der Waals surface area contributed by atoms with Crippen LogP contribution in [0.3, 0.4) is 0 Å². The summed E-state index contributed by atoms with van der Waals surface area (Å²) in [5.41, 5.74) is 1.14. The second-order valence-corrected chi connectivity index (χ2v) is 5.30. The molecule has 4 nitrogen and oxygen atoms in total. The van der Waals surface area contributed by atoms with E-state index in [2.05, 4.69) is 5.32 Å². The molecule has 0 aromatic heterocycles. The summed E-state index contributed by atoms with van der Waals surface area (Å²) in [6.07, 6.45) is 1.15. The monoisotopic (exact) mass is 297 g/mol. The molecule has 2 aromatic carbocycles. The van der Waals surface area contributed by atoms with Crippen molar-refractivity contribution < 1.29 is 14.3 Å². The van der Waals surface area contributed by atoms with Crippen LogP contribution in [0.1, 0.15) is 12.0 Å². The van der Waals surface area contributed by atoms with Crippen molar-refractivity contribution in [3.63, 3.8) is 0 Å². The summed E-state index contributed by atoms with van der Waals surface area (Å²) in [6, 6.07) is 17.5. The van der Waals surface area contributed by atoms with E-state index in [9.17, 15) is 4.79 Å². The van der Waals surface area contributed by atoms with E-state index in [1.165, 1.54) is 0 Å². The molecule has 0 spiro atoms. The molecule has 114 valence electrons. The summed E-state index contributed by atoms with van der Waals surface area (Å²) in [7, 11) is 0. The van der Waals surface area contributed by atoms with E-state index in [0.717, 1.165) is 23.5 Å². The fourth-order valence-corrected chi connectivity index (χ4v) is 2.50. The molecule has 0 aliphatic carbocycles. The first-order chi connectivity index (χ1) is 10.8. The van der Waals surface area contributed by atoms with Gasteiger partial charge in [-0.1, -0.05) is 36.4 Å². The van der Waals surface area contributed by atoms with Gasteiger partial charge in [0, 0.05) is 0 Å². The first kappa shape index (κ1) is 14.4. The Kier molecular flexibility index (Phi) is 4.59. The summed E-state index contributed by atoms with van der Waals surface area (Å²) < 4.78 is 11.2. The van der Waals surface area contributed by atoms with Gasteiger partial charge in [0.25, 0.3) is 0 Å². The Morgan fingerprint density at radius 3 is 2.77 bits per heavy atom. The molecule has 0 radical (unpaired) electrons. The number of para-hydroxylation sites is 2. The largest absolute Gasteiger partial charge is 0.493 e. The lowest BCUT2D eigenvalue weighted by Gasteiger charge is -2.26. The highest BCUT2D eigenvalue weighted by Crippen LogP contribution is 2.23. The highest BCUT2D eigenvalue weighted by Gasteiger charge is 2.20. The van der Waals surface area contributed by atoms with Crippen LogP contribution in [0.25, 0.3) is 0 Å². The van der Waals surface area contributed by atoms with Crippen molar-refractivity contribution in [2.24, 2.45) is 0 Å². The van der Waals surface area contributed by atoms with E-state index >= 15 is 0 Å². The number of nitrogens with one attached hydrogen (secondary N) is 1. The van der Waals surface area contributed by atoms with Gasteiger partial charge in [-0.25, -0.2) is 0 Å². The molecule has 1 aliphatic rings. The maximum atomic E-state index is 12.0. The predicted molar refractivity (Wildman–Crippen MR) is 84.1 cm³/mol. The lowest BCUT2D eigenvalue weighted by atomic mass is 10.0. The van der Waals surface area contributed by atoms with Crippen molar-refractivity contribution in [2.75, 3.05) is 13.2 Å². The molecule has 0 bridgehead atoms. The predicted octanol–water partition coefficient (Wildman–Crippen LogP) is 2.58. The SMILES string of the molecule is O=C(CCOc1ccccc1)NC1COc2ccccc2C1. The average molecular weight is 297 g/mol. The van der Waals surface area contributed by atoms with Crippen LogP contribution in [0.4, 0.5) is 0 Å². The topological polar surface area (TPSA) is 47.6 Å². The van der Waals surface area contributed by atoms with Crippen LogP contribution in [-0.2, 0) is 11.2 Å². The fraction of sp³-hybridized carbons (Fsp3) is 0.278. The van der Waals surface area contributed by atoms with Crippen molar-refractivity contribution in [2.45, 2.75) is 18.9 Å². The van der Waals surface area contributed by atoms with Gasteiger partial charge in [0.2, 0.25) is 5.91 Å². The van der Waals surface area contributed by atoms with Gasteiger partial charge in [0.15, 0.2) is 0 Å². The number of rotatable bonds is 5. The van der Waals surface area contributed by atoms with E-state index in [1.807, 2.05) is 54.6 Å². The number of hydrogen-bond donors (Lipinski definition) is 1. The van der Waals surface area contributed by atoms with Crippen molar-refractivity contribution in [1.29, 1.82) is 0 Å². The molecule has 1 N–H and O–H groups in total. The third-order valence-corrected chi connectivity index (χ3v) is 3.59. The van der Waals surface area contributed by atoms with E-state index < -0.39 is 0 Å². The molecule has 0 saturated carbocycles. The number of carbonyl (C=O) groups is 1. The van der Waals surface area contributed by atoms with Crippen LogP contribution < -0.4 is 14.8 Å². The van der Waals surface area contributed by atoms with Gasteiger partial charge in [0.1, 0.15) is 18.1 Å². The molecular weight excluding hydrogens is 278 g/mol. The van der Waals surface area contributed by atoms with Crippen LogP contribution in [0, 0.1) is 0 Å². The zero-order chi connectivity index (χ0) is 15.2. The van der Waals surface area contributed by atoms with Gasteiger partial charge in [-0.15, -0.1) is 0 Å². The van der Waals surface area contributed by atoms with Crippen LogP contribution in [0.5, 0.6) is 11.5 Å². The smallest absolute Gasteiger partial charge is 0.223 e. The Bertz CT molecular complexity index is 627. The minimum atomic E-state index is -0.0103. The molecule has 0 fully saturated rings. The molecule has 4 heteroatoms. The van der Waals surface area contributed by atoms with Gasteiger partial charge in [-0.2, -0.15) is 0 Å². The first-order valence-corrected chi connectivity index (χ1v) is 7.49. The number of amides is 1. The number of carbonyl (C=O) groups excluding carboxylic acids is 1. The normalized spacial score (nSPS) is 16.3. The molecular formula is C18H19NO3. The minimum Gasteiger partial charge on any atom is -0.493 e. The van der Waals surface area contributed by atoms with Crippen LogP contribution in [0.15, 0.2) is 54.6 Å². The molecule has 1 heterocycles. The molecule has 22 heavy (non-hydrogen) atoms. The highest BCUT2D eigenvalue weighted by molar-refractivity contribution is 5.76. The Morgan fingerprint density at radius 2 is 1.91 bits per heavy atom. The summed E-state index contributed by atoms with van der Waals surface area (Å²) in [6.45, 7) is 0.891. The summed E-state index contributed by atoms with van der Waals surface area (Å²) in [5, 5.41) is 3.00. The molecule has 3 rings (SSSR count). The lowest BCUT2D eigenvalue weighted by molar-refractivity contribution is -0.122. The maximum absolute atomic E-state index is 12.0. The van der Waals surface area contributed by atoms with E-state index in [-0.39, 0.29) is 11.9 Å². The highest BCUT2D eigenvalue weighted by atomic mass is 16.5. The van der Waals surface area contributed by atoms with Gasteiger partial charge in [-0.05, 0) is 30.2 Å². The van der Waals surface area contributed by atoms with E-state index in [4.69, 9.17) is 9.47 Å². The zero-order valence-corrected chi connectivity index (χ0v) is 12.3. The molecule has 0 saturated heterocycles. The fourth-order valence-electron chi connectivity index (χ4n) is 2.50. The number of fused-ring (bicyclic) bond motifs is 1. The molecule has 1 amide bonds. The lowest BCUT2D eigenvalue weighted by Crippen LogP contribution is -2.43. The third-order valence-electron chi connectivity index (χ3n) is 3.59. The van der Waals surface area contributed by atoms with Crippen molar-refractivity contribution in [3.05, 3.63) is 60.2 Å². The van der Waals surface area contributed by atoms with E-state index in [0.29, 0.717) is 19.6 Å². The van der Waals surface area contributed by atoms with Crippen LogP contribution >= 0.6 is 0 Å². The van der Waals surface area contributed by atoms with Gasteiger partial charge < -0.3 is 14.8 Å².